The predicted octanol–water partition coefficient (Wildman–Crippen LogP) is 2.11. The van der Waals surface area contributed by atoms with Gasteiger partial charge in [0.1, 0.15) is 11.5 Å². The van der Waals surface area contributed by atoms with E-state index in [2.05, 4.69) is 20.3 Å². The van der Waals surface area contributed by atoms with Gasteiger partial charge in [0.25, 0.3) is 5.56 Å². The number of fused-ring (bicyclic) bond motifs is 1. The van der Waals surface area contributed by atoms with E-state index in [1.165, 1.54) is 31.2 Å². The summed E-state index contributed by atoms with van der Waals surface area (Å²) < 4.78 is 17.7. The maximum Gasteiger partial charge on any atom is 0.282 e. The van der Waals surface area contributed by atoms with Crippen LogP contribution in [0.3, 0.4) is 0 Å². The van der Waals surface area contributed by atoms with Gasteiger partial charge in [-0.2, -0.15) is 0 Å². The summed E-state index contributed by atoms with van der Waals surface area (Å²) in [6.07, 6.45) is 4.70. The first kappa shape index (κ1) is 22.0. The number of rotatable bonds is 8. The van der Waals surface area contributed by atoms with E-state index in [0.29, 0.717) is 35.5 Å². The van der Waals surface area contributed by atoms with E-state index >= 15 is 0 Å². The number of aromatic nitrogens is 4. The second-order valence-electron chi connectivity index (χ2n) is 7.11. The third-order valence-corrected chi connectivity index (χ3v) is 5.91. The molecule has 0 spiro atoms. The van der Waals surface area contributed by atoms with Crippen LogP contribution in [0.2, 0.25) is 0 Å². The van der Waals surface area contributed by atoms with Crippen LogP contribution >= 0.6 is 11.8 Å². The van der Waals surface area contributed by atoms with Gasteiger partial charge in [0.2, 0.25) is 5.91 Å². The van der Waals surface area contributed by atoms with Gasteiger partial charge in [-0.05, 0) is 12.8 Å². The van der Waals surface area contributed by atoms with Crippen molar-refractivity contribution >= 4 is 34.5 Å². The lowest BCUT2D eigenvalue weighted by atomic mass is 10.2. The lowest BCUT2D eigenvalue weighted by molar-refractivity contribution is -0.113. The summed E-state index contributed by atoms with van der Waals surface area (Å²) in [4.78, 5) is 38.4. The third kappa shape index (κ3) is 5.00. The Kier molecular flexibility index (Phi) is 6.86. The van der Waals surface area contributed by atoms with E-state index in [0.717, 1.165) is 24.6 Å². The van der Waals surface area contributed by atoms with E-state index in [9.17, 15) is 9.59 Å². The fourth-order valence-corrected chi connectivity index (χ4v) is 4.20. The second kappa shape index (κ2) is 9.96. The summed E-state index contributed by atoms with van der Waals surface area (Å²) in [5.74, 6) is 0.908. The van der Waals surface area contributed by atoms with Crippen molar-refractivity contribution in [1.29, 1.82) is 0 Å². The largest absolute Gasteiger partial charge is 0.497 e. The van der Waals surface area contributed by atoms with Crippen LogP contribution in [-0.2, 0) is 16.1 Å². The number of ether oxygens (including phenoxy) is 3. The first-order valence-corrected chi connectivity index (χ1v) is 11.0. The summed E-state index contributed by atoms with van der Waals surface area (Å²) in [6, 6.07) is 5.11. The van der Waals surface area contributed by atoms with Gasteiger partial charge in [-0.3, -0.25) is 14.2 Å². The zero-order chi connectivity index (χ0) is 22.5. The van der Waals surface area contributed by atoms with Crippen molar-refractivity contribution in [1.82, 2.24) is 19.5 Å². The first-order valence-electron chi connectivity index (χ1n) is 10.1. The highest BCUT2D eigenvalue weighted by atomic mass is 32.2. The van der Waals surface area contributed by atoms with Crippen LogP contribution in [0.4, 0.5) is 5.69 Å². The summed E-state index contributed by atoms with van der Waals surface area (Å²) in [7, 11) is 3.08. The normalized spacial score (nSPS) is 15.6. The molecule has 1 saturated heterocycles. The monoisotopic (exact) mass is 457 g/mol. The minimum Gasteiger partial charge on any atom is -0.497 e. The van der Waals surface area contributed by atoms with E-state index in [1.807, 2.05) is 0 Å². The molecule has 1 amide bonds. The summed E-state index contributed by atoms with van der Waals surface area (Å²) in [6.45, 7) is 1.03. The van der Waals surface area contributed by atoms with Gasteiger partial charge in [0.05, 0.1) is 32.6 Å². The minimum atomic E-state index is -0.293. The highest BCUT2D eigenvalue weighted by Crippen LogP contribution is 2.26. The van der Waals surface area contributed by atoms with Gasteiger partial charge in [-0.25, -0.2) is 15.0 Å². The first-order chi connectivity index (χ1) is 15.6. The summed E-state index contributed by atoms with van der Waals surface area (Å²) in [5.41, 5.74) is 0.698. The molecule has 1 aromatic carbocycles. The number of carbonyl (C=O) groups excluding carboxylic acids is 1. The van der Waals surface area contributed by atoms with Crippen LogP contribution in [0.25, 0.3) is 11.2 Å². The molecule has 1 unspecified atom stereocenters. The molecule has 3 aromatic rings. The number of hydrogen-bond acceptors (Lipinski definition) is 9. The molecule has 1 N–H and O–H groups in total. The van der Waals surface area contributed by atoms with Crippen molar-refractivity contribution in [2.75, 3.05) is 31.9 Å². The fourth-order valence-electron chi connectivity index (χ4n) is 3.40. The molecular formula is C21H23N5O5S. The molecule has 1 atom stereocenters. The van der Waals surface area contributed by atoms with Gasteiger partial charge >= 0.3 is 0 Å². The molecule has 10 nitrogen and oxygen atoms in total. The molecule has 3 heterocycles. The minimum absolute atomic E-state index is 0.0449. The fraction of sp³-hybridized carbons (Fsp3) is 0.381. The topological polar surface area (TPSA) is 117 Å². The number of nitrogens with zero attached hydrogens (tertiary/aromatic N) is 4. The van der Waals surface area contributed by atoms with Crippen molar-refractivity contribution in [2.45, 2.75) is 30.6 Å². The van der Waals surface area contributed by atoms with E-state index in [1.54, 1.807) is 18.2 Å². The van der Waals surface area contributed by atoms with Crippen molar-refractivity contribution in [2.24, 2.45) is 0 Å². The molecule has 168 valence electrons. The van der Waals surface area contributed by atoms with Crippen LogP contribution in [0, 0.1) is 0 Å². The molecule has 0 radical (unpaired) electrons. The Bertz CT molecular complexity index is 1160. The van der Waals surface area contributed by atoms with Crippen LogP contribution in [-0.4, -0.2) is 58.1 Å². The molecule has 2 aromatic heterocycles. The zero-order valence-electron chi connectivity index (χ0n) is 17.7. The Hall–Kier alpha value is -3.18. The van der Waals surface area contributed by atoms with Crippen molar-refractivity contribution in [3.05, 3.63) is 40.9 Å². The number of methoxy groups -OCH3 is 2. The van der Waals surface area contributed by atoms with Crippen molar-refractivity contribution in [3.8, 4) is 11.5 Å². The van der Waals surface area contributed by atoms with E-state index < -0.39 is 0 Å². The Balaban J connectivity index is 1.54. The van der Waals surface area contributed by atoms with Crippen LogP contribution < -0.4 is 20.3 Å². The van der Waals surface area contributed by atoms with E-state index in [-0.39, 0.29) is 34.5 Å². The molecule has 0 bridgehead atoms. The Morgan fingerprint density at radius 3 is 2.66 bits per heavy atom. The van der Waals surface area contributed by atoms with Gasteiger partial charge in [-0.1, -0.05) is 11.8 Å². The zero-order valence-corrected chi connectivity index (χ0v) is 18.6. The maximum atomic E-state index is 13.0. The average molecular weight is 458 g/mol. The molecule has 1 fully saturated rings. The Labute approximate surface area is 188 Å². The molecule has 0 saturated carbocycles. The van der Waals surface area contributed by atoms with Crippen LogP contribution in [0.1, 0.15) is 12.8 Å². The Morgan fingerprint density at radius 2 is 1.97 bits per heavy atom. The molecule has 32 heavy (non-hydrogen) atoms. The predicted molar refractivity (Wildman–Crippen MR) is 119 cm³/mol. The lowest BCUT2D eigenvalue weighted by Crippen LogP contribution is -2.30. The maximum absolute atomic E-state index is 13.0. The molecule has 11 heteroatoms. The van der Waals surface area contributed by atoms with Crippen molar-refractivity contribution in [3.63, 3.8) is 0 Å². The number of thioether (sulfide) groups is 1. The number of amides is 1. The molecule has 0 aliphatic carbocycles. The summed E-state index contributed by atoms with van der Waals surface area (Å²) in [5, 5.41) is 3.22. The third-order valence-electron chi connectivity index (χ3n) is 4.94. The number of anilines is 1. The van der Waals surface area contributed by atoms with Gasteiger partial charge in [-0.15, -0.1) is 0 Å². The Morgan fingerprint density at radius 1 is 1.22 bits per heavy atom. The average Bonchev–Trinajstić information content (AvgIpc) is 3.32. The van der Waals surface area contributed by atoms with Gasteiger partial charge < -0.3 is 19.5 Å². The summed E-state index contributed by atoms with van der Waals surface area (Å²) >= 11 is 1.16. The SMILES string of the molecule is COc1cc(NC(=O)CSc2nc3nccnc3c(=O)n2CC2CCCO2)cc(OC)c1. The van der Waals surface area contributed by atoms with Crippen molar-refractivity contribution < 1.29 is 19.0 Å². The molecule has 1 aliphatic rings. The number of carbonyl (C=O) groups is 1. The highest BCUT2D eigenvalue weighted by molar-refractivity contribution is 7.99. The number of hydrogen-bond donors (Lipinski definition) is 1. The second-order valence-corrected chi connectivity index (χ2v) is 8.05. The van der Waals surface area contributed by atoms with E-state index in [4.69, 9.17) is 14.2 Å². The molecule has 1 aliphatic heterocycles. The van der Waals surface area contributed by atoms with Crippen LogP contribution in [0.15, 0.2) is 40.5 Å². The van der Waals surface area contributed by atoms with Gasteiger partial charge in [0, 0.05) is 42.9 Å². The number of benzene rings is 1. The van der Waals surface area contributed by atoms with Crippen LogP contribution in [0.5, 0.6) is 11.5 Å². The number of nitrogens with one attached hydrogen (secondary N) is 1. The highest BCUT2D eigenvalue weighted by Gasteiger charge is 2.21. The lowest BCUT2D eigenvalue weighted by Gasteiger charge is -2.16. The smallest absolute Gasteiger partial charge is 0.282 e. The molecule has 4 rings (SSSR count). The quantitative estimate of drug-likeness (QED) is 0.401. The standard InChI is InChI=1S/C21H23N5O5S/c1-29-15-8-13(9-16(10-15)30-2)24-17(27)12-32-21-25-19-18(22-5-6-23-19)20(28)26(21)11-14-4-3-7-31-14/h5-6,8-10,14H,3-4,7,11-12H2,1-2H3,(H,24,27). The van der Waals surface area contributed by atoms with Gasteiger partial charge in [0.15, 0.2) is 16.3 Å². The molecular weight excluding hydrogens is 434 g/mol.